The molecule has 108 valence electrons. The Kier molecular flexibility index (Phi) is 3.61. The second-order valence-electron chi connectivity index (χ2n) is 5.97. The van der Waals surface area contributed by atoms with E-state index in [1.54, 1.807) is 6.20 Å². The zero-order chi connectivity index (χ0) is 14.1. The molecule has 0 spiro atoms. The quantitative estimate of drug-likeness (QED) is 0.629. The van der Waals surface area contributed by atoms with Crippen molar-refractivity contribution in [3.63, 3.8) is 0 Å². The van der Waals surface area contributed by atoms with Crippen molar-refractivity contribution in [3.8, 4) is 0 Å². The van der Waals surface area contributed by atoms with Gasteiger partial charge in [0, 0.05) is 25.3 Å². The van der Waals surface area contributed by atoms with E-state index in [9.17, 15) is 0 Å². The third kappa shape index (κ3) is 2.38. The molecule has 0 radical (unpaired) electrons. The number of piperidine rings is 2. The number of nitrogens with two attached hydrogens (primary N) is 1. The molecule has 2 aliphatic rings. The Bertz CT molecular complexity index is 501. The second-order valence-corrected chi connectivity index (χ2v) is 5.97. The van der Waals surface area contributed by atoms with Gasteiger partial charge in [-0.05, 0) is 50.9 Å². The predicted molar refractivity (Wildman–Crippen MR) is 81.2 cm³/mol. The van der Waals surface area contributed by atoms with Crippen molar-refractivity contribution in [1.29, 1.82) is 5.41 Å². The highest BCUT2D eigenvalue weighted by molar-refractivity contribution is 5.98. The van der Waals surface area contributed by atoms with Gasteiger partial charge in [0.15, 0.2) is 0 Å². The minimum atomic E-state index is 0.0588. The molecule has 3 rings (SSSR count). The van der Waals surface area contributed by atoms with Crippen molar-refractivity contribution in [3.05, 3.63) is 24.0 Å². The van der Waals surface area contributed by atoms with Gasteiger partial charge in [0.05, 0.1) is 5.69 Å². The minimum Gasteiger partial charge on any atom is -0.382 e. The van der Waals surface area contributed by atoms with Crippen LogP contribution in [0.25, 0.3) is 0 Å². The van der Waals surface area contributed by atoms with E-state index in [0.29, 0.717) is 5.69 Å². The molecule has 1 aromatic rings. The maximum absolute atomic E-state index is 7.69. The summed E-state index contributed by atoms with van der Waals surface area (Å²) in [6, 6.07) is 4.69. The zero-order valence-corrected chi connectivity index (χ0v) is 12.0. The van der Waals surface area contributed by atoms with Gasteiger partial charge in [0.2, 0.25) is 0 Å². The van der Waals surface area contributed by atoms with Crippen molar-refractivity contribution in [2.45, 2.75) is 25.3 Å². The maximum atomic E-state index is 7.69. The fraction of sp³-hybridized carbons (Fsp3) is 0.600. The minimum absolute atomic E-state index is 0.0588. The second kappa shape index (κ2) is 5.40. The van der Waals surface area contributed by atoms with E-state index in [-0.39, 0.29) is 5.84 Å². The molecular weight excluding hydrogens is 250 g/mol. The predicted octanol–water partition coefficient (Wildman–Crippen LogP) is 1.29. The van der Waals surface area contributed by atoms with Crippen LogP contribution in [0.4, 0.5) is 5.69 Å². The van der Waals surface area contributed by atoms with Gasteiger partial charge in [-0.15, -0.1) is 0 Å². The molecule has 20 heavy (non-hydrogen) atoms. The number of nitrogens with one attached hydrogen (secondary N) is 1. The van der Waals surface area contributed by atoms with Crippen LogP contribution in [0.15, 0.2) is 18.3 Å². The molecule has 0 aliphatic carbocycles. The van der Waals surface area contributed by atoms with Crippen LogP contribution in [0.3, 0.4) is 0 Å². The number of hydrogen-bond donors (Lipinski definition) is 2. The maximum Gasteiger partial charge on any atom is 0.143 e. The summed E-state index contributed by atoms with van der Waals surface area (Å²) in [5.41, 5.74) is 7.30. The van der Waals surface area contributed by atoms with Crippen LogP contribution < -0.4 is 10.6 Å². The largest absolute Gasteiger partial charge is 0.382 e. The van der Waals surface area contributed by atoms with E-state index >= 15 is 0 Å². The van der Waals surface area contributed by atoms with Crippen LogP contribution in [0, 0.1) is 11.3 Å². The standard InChI is InChI=1S/C15H23N5/c1-19-8-3-4-11-10-20(9-6-12(11)19)13-5-2-7-18-14(13)15(16)17/h2,5,7,11-12H,3-4,6,8-10H2,1H3,(H3,16,17). The van der Waals surface area contributed by atoms with Crippen LogP contribution in [0.1, 0.15) is 25.0 Å². The summed E-state index contributed by atoms with van der Waals surface area (Å²) in [6.45, 7) is 3.31. The average Bonchev–Trinajstić information content (AvgIpc) is 2.47. The molecule has 0 aromatic carbocycles. The Hall–Kier alpha value is -1.62. The number of aromatic nitrogens is 1. The normalized spacial score (nSPS) is 27.1. The molecule has 1 aromatic heterocycles. The summed E-state index contributed by atoms with van der Waals surface area (Å²) >= 11 is 0. The van der Waals surface area contributed by atoms with E-state index in [4.69, 9.17) is 11.1 Å². The molecule has 5 nitrogen and oxygen atoms in total. The molecule has 0 bridgehead atoms. The van der Waals surface area contributed by atoms with E-state index < -0.39 is 0 Å². The van der Waals surface area contributed by atoms with E-state index in [1.807, 2.05) is 12.1 Å². The number of amidine groups is 1. The highest BCUT2D eigenvalue weighted by Gasteiger charge is 2.34. The summed E-state index contributed by atoms with van der Waals surface area (Å²) in [6.07, 6.45) is 5.49. The summed E-state index contributed by atoms with van der Waals surface area (Å²) in [4.78, 5) is 9.15. The zero-order valence-electron chi connectivity index (χ0n) is 12.0. The van der Waals surface area contributed by atoms with Gasteiger partial charge in [0.1, 0.15) is 11.5 Å². The fourth-order valence-corrected chi connectivity index (χ4v) is 3.73. The van der Waals surface area contributed by atoms with Crippen molar-refractivity contribution >= 4 is 11.5 Å². The molecule has 0 saturated carbocycles. The summed E-state index contributed by atoms with van der Waals surface area (Å²) in [7, 11) is 2.25. The van der Waals surface area contributed by atoms with Gasteiger partial charge in [-0.3, -0.25) is 10.4 Å². The van der Waals surface area contributed by atoms with Crippen LogP contribution in [-0.2, 0) is 0 Å². The third-order valence-corrected chi connectivity index (χ3v) is 4.73. The lowest BCUT2D eigenvalue weighted by Gasteiger charge is -2.46. The molecule has 2 atom stereocenters. The molecule has 2 aliphatic heterocycles. The van der Waals surface area contributed by atoms with E-state index in [2.05, 4.69) is 21.8 Å². The Labute approximate surface area is 120 Å². The first-order chi connectivity index (χ1) is 9.66. The lowest BCUT2D eigenvalue weighted by molar-refractivity contribution is 0.102. The Morgan fingerprint density at radius 3 is 3.05 bits per heavy atom. The molecule has 0 amide bonds. The number of nitrogen functional groups attached to an aromatic ring is 1. The van der Waals surface area contributed by atoms with Gasteiger partial charge in [0.25, 0.3) is 0 Å². The smallest absolute Gasteiger partial charge is 0.143 e. The molecule has 5 heteroatoms. The average molecular weight is 273 g/mol. The summed E-state index contributed by atoms with van der Waals surface area (Å²) in [5.74, 6) is 0.783. The summed E-state index contributed by atoms with van der Waals surface area (Å²) < 4.78 is 0. The molecule has 2 fully saturated rings. The molecular formula is C15H23N5. The SMILES string of the molecule is CN1CCCC2CN(c3cccnc3C(=N)N)CCC21. The number of fused-ring (bicyclic) bond motifs is 1. The third-order valence-electron chi connectivity index (χ3n) is 4.73. The van der Waals surface area contributed by atoms with E-state index in [1.165, 1.54) is 25.8 Å². The fourth-order valence-electron chi connectivity index (χ4n) is 3.73. The number of hydrogen-bond acceptors (Lipinski definition) is 4. The van der Waals surface area contributed by atoms with Crippen molar-refractivity contribution < 1.29 is 0 Å². The Morgan fingerprint density at radius 2 is 2.25 bits per heavy atom. The van der Waals surface area contributed by atoms with Crippen molar-refractivity contribution in [2.24, 2.45) is 11.7 Å². The number of pyridine rings is 1. The lowest BCUT2D eigenvalue weighted by atomic mass is 9.84. The van der Waals surface area contributed by atoms with Crippen LogP contribution in [0.2, 0.25) is 0 Å². The number of rotatable bonds is 2. The molecule has 3 N–H and O–H groups in total. The first-order valence-electron chi connectivity index (χ1n) is 7.41. The van der Waals surface area contributed by atoms with Crippen molar-refractivity contribution in [1.82, 2.24) is 9.88 Å². The van der Waals surface area contributed by atoms with Gasteiger partial charge in [-0.1, -0.05) is 0 Å². The number of likely N-dealkylation sites (tertiary alicyclic amines) is 1. The number of nitrogens with zero attached hydrogens (tertiary/aromatic N) is 3. The van der Waals surface area contributed by atoms with Crippen molar-refractivity contribution in [2.75, 3.05) is 31.6 Å². The van der Waals surface area contributed by atoms with Gasteiger partial charge in [-0.25, -0.2) is 0 Å². The summed E-state index contributed by atoms with van der Waals surface area (Å²) in [5, 5.41) is 7.69. The van der Waals surface area contributed by atoms with Gasteiger partial charge < -0.3 is 15.5 Å². The van der Waals surface area contributed by atoms with Crippen LogP contribution >= 0.6 is 0 Å². The first kappa shape index (κ1) is 13.4. The molecule has 2 saturated heterocycles. The van der Waals surface area contributed by atoms with E-state index in [0.717, 1.165) is 30.7 Å². The number of anilines is 1. The first-order valence-corrected chi connectivity index (χ1v) is 7.41. The molecule has 2 unspecified atom stereocenters. The Balaban J connectivity index is 1.81. The monoisotopic (exact) mass is 273 g/mol. The van der Waals surface area contributed by atoms with Gasteiger partial charge >= 0.3 is 0 Å². The highest BCUT2D eigenvalue weighted by atomic mass is 15.2. The van der Waals surface area contributed by atoms with Crippen LogP contribution in [-0.4, -0.2) is 48.4 Å². The molecule has 3 heterocycles. The topological polar surface area (TPSA) is 69.2 Å². The lowest BCUT2D eigenvalue weighted by Crippen LogP contribution is -2.53. The van der Waals surface area contributed by atoms with Crippen LogP contribution in [0.5, 0.6) is 0 Å². The highest BCUT2D eigenvalue weighted by Crippen LogP contribution is 2.32. The van der Waals surface area contributed by atoms with Gasteiger partial charge in [-0.2, -0.15) is 0 Å². The Morgan fingerprint density at radius 1 is 1.40 bits per heavy atom.